The number of nitrogens with zero attached hydrogens (tertiary/aromatic N) is 2. The molecule has 0 bridgehead atoms. The van der Waals surface area contributed by atoms with Crippen LogP contribution in [-0.2, 0) is 11.3 Å². The van der Waals surface area contributed by atoms with Gasteiger partial charge in [0.2, 0.25) is 5.91 Å². The van der Waals surface area contributed by atoms with Crippen LogP contribution in [0.4, 0.5) is 0 Å². The number of amides is 1. The summed E-state index contributed by atoms with van der Waals surface area (Å²) in [6, 6.07) is 10.7. The van der Waals surface area contributed by atoms with Gasteiger partial charge in [-0.3, -0.25) is 9.69 Å². The summed E-state index contributed by atoms with van der Waals surface area (Å²) in [4.78, 5) is 17.5. The second kappa shape index (κ2) is 8.32. The Morgan fingerprint density at radius 1 is 1.04 bits per heavy atom. The highest BCUT2D eigenvalue weighted by molar-refractivity contribution is 5.76. The van der Waals surface area contributed by atoms with Gasteiger partial charge in [0, 0.05) is 31.5 Å². The molecule has 1 aromatic carbocycles. The number of aliphatic hydroxyl groups excluding tert-OH is 1. The minimum absolute atomic E-state index is 0.00690. The Morgan fingerprint density at radius 3 is 2.48 bits per heavy atom. The van der Waals surface area contributed by atoms with E-state index in [2.05, 4.69) is 40.1 Å². The monoisotopic (exact) mass is 370 g/mol. The van der Waals surface area contributed by atoms with E-state index in [1.54, 1.807) is 0 Å². The fourth-order valence-electron chi connectivity index (χ4n) is 5.54. The van der Waals surface area contributed by atoms with E-state index >= 15 is 0 Å². The Balaban J connectivity index is 1.25. The molecule has 1 aliphatic carbocycles. The molecule has 2 atom stereocenters. The predicted molar refractivity (Wildman–Crippen MR) is 107 cm³/mol. The van der Waals surface area contributed by atoms with Crippen molar-refractivity contribution < 1.29 is 9.90 Å². The van der Waals surface area contributed by atoms with Crippen LogP contribution in [0, 0.1) is 11.3 Å². The number of aliphatic hydroxyl groups is 1. The second-order valence-corrected chi connectivity index (χ2v) is 9.10. The molecule has 27 heavy (non-hydrogen) atoms. The molecule has 0 unspecified atom stereocenters. The Labute approximate surface area is 163 Å². The van der Waals surface area contributed by atoms with Crippen LogP contribution in [0.15, 0.2) is 30.3 Å². The smallest absolute Gasteiger partial charge is 0.222 e. The molecule has 0 aromatic heterocycles. The number of likely N-dealkylation sites (tertiary alicyclic amines) is 2. The average molecular weight is 371 g/mol. The first kappa shape index (κ1) is 18.9. The third-order valence-corrected chi connectivity index (χ3v) is 7.24. The molecule has 4 nitrogen and oxygen atoms in total. The van der Waals surface area contributed by atoms with Gasteiger partial charge in [-0.1, -0.05) is 36.8 Å². The van der Waals surface area contributed by atoms with Gasteiger partial charge in [0.1, 0.15) is 0 Å². The zero-order valence-electron chi connectivity index (χ0n) is 16.5. The minimum atomic E-state index is -0.200. The summed E-state index contributed by atoms with van der Waals surface area (Å²) >= 11 is 0. The van der Waals surface area contributed by atoms with E-state index in [4.69, 9.17) is 0 Å². The number of hydrogen-bond acceptors (Lipinski definition) is 3. The molecule has 1 spiro atoms. The highest BCUT2D eigenvalue weighted by Crippen LogP contribution is 2.45. The Hall–Kier alpha value is -1.39. The summed E-state index contributed by atoms with van der Waals surface area (Å²) in [5.74, 6) is 0.852. The number of hydrogen-bond donors (Lipinski definition) is 1. The molecule has 4 heteroatoms. The summed E-state index contributed by atoms with van der Waals surface area (Å²) < 4.78 is 0. The fourth-order valence-corrected chi connectivity index (χ4v) is 5.54. The molecule has 4 rings (SSSR count). The maximum absolute atomic E-state index is 12.9. The van der Waals surface area contributed by atoms with Crippen LogP contribution in [0.5, 0.6) is 0 Å². The third kappa shape index (κ3) is 4.38. The quantitative estimate of drug-likeness (QED) is 0.883. The summed E-state index contributed by atoms with van der Waals surface area (Å²) in [5.41, 5.74) is 1.38. The summed E-state index contributed by atoms with van der Waals surface area (Å²) in [7, 11) is 0. The van der Waals surface area contributed by atoms with Crippen molar-refractivity contribution >= 4 is 5.91 Å². The van der Waals surface area contributed by atoms with Crippen LogP contribution in [0.1, 0.15) is 56.9 Å². The standard InChI is InChI=1S/C23H34N2O2/c26-21-8-4-11-23(21)12-5-13-25(18-23)22(27)16-19-9-14-24(15-10-19)17-20-6-2-1-3-7-20/h1-3,6-7,19,21,26H,4-5,8-18H2/t21-,23-/m1/s1. The Morgan fingerprint density at radius 2 is 1.78 bits per heavy atom. The van der Waals surface area contributed by atoms with Crippen molar-refractivity contribution in [2.24, 2.45) is 11.3 Å². The number of benzene rings is 1. The van der Waals surface area contributed by atoms with Crippen molar-refractivity contribution in [1.82, 2.24) is 9.80 Å². The first-order chi connectivity index (χ1) is 13.1. The molecule has 1 aromatic rings. The number of rotatable bonds is 4. The average Bonchev–Trinajstić information content (AvgIpc) is 3.03. The first-order valence-corrected chi connectivity index (χ1v) is 10.9. The lowest BCUT2D eigenvalue weighted by molar-refractivity contribution is -0.138. The van der Waals surface area contributed by atoms with Crippen LogP contribution in [0.2, 0.25) is 0 Å². The molecule has 1 N–H and O–H groups in total. The fraction of sp³-hybridized carbons (Fsp3) is 0.696. The van der Waals surface area contributed by atoms with Crippen molar-refractivity contribution in [2.45, 2.75) is 64.0 Å². The van der Waals surface area contributed by atoms with E-state index in [0.29, 0.717) is 18.2 Å². The summed E-state index contributed by atoms with van der Waals surface area (Å²) in [5, 5.41) is 10.4. The topological polar surface area (TPSA) is 43.8 Å². The molecule has 0 radical (unpaired) electrons. The maximum Gasteiger partial charge on any atom is 0.222 e. The first-order valence-electron chi connectivity index (χ1n) is 10.9. The SMILES string of the molecule is O=C(CC1CCN(Cc2ccccc2)CC1)N1CCC[C@]2(CCC[C@H]2O)C1. The van der Waals surface area contributed by atoms with E-state index in [1.807, 2.05) is 0 Å². The number of carbonyl (C=O) groups excluding carboxylic acids is 1. The van der Waals surface area contributed by atoms with E-state index in [9.17, 15) is 9.90 Å². The molecular weight excluding hydrogens is 336 g/mol. The molecule has 2 heterocycles. The van der Waals surface area contributed by atoms with Gasteiger partial charge in [-0.15, -0.1) is 0 Å². The molecule has 2 aliphatic heterocycles. The second-order valence-electron chi connectivity index (χ2n) is 9.10. The van der Waals surface area contributed by atoms with Crippen LogP contribution in [-0.4, -0.2) is 53.1 Å². The van der Waals surface area contributed by atoms with Crippen LogP contribution < -0.4 is 0 Å². The molecule has 148 valence electrons. The molecule has 3 fully saturated rings. The zero-order valence-corrected chi connectivity index (χ0v) is 16.5. The normalized spacial score (nSPS) is 30.1. The Kier molecular flexibility index (Phi) is 5.84. The van der Waals surface area contributed by atoms with Gasteiger partial charge < -0.3 is 10.0 Å². The molecule has 1 amide bonds. The maximum atomic E-state index is 12.9. The van der Waals surface area contributed by atoms with E-state index in [0.717, 1.165) is 77.7 Å². The lowest BCUT2D eigenvalue weighted by Gasteiger charge is -2.43. The van der Waals surface area contributed by atoms with Crippen LogP contribution in [0.25, 0.3) is 0 Å². The van der Waals surface area contributed by atoms with Crippen molar-refractivity contribution in [3.05, 3.63) is 35.9 Å². The van der Waals surface area contributed by atoms with Gasteiger partial charge in [-0.25, -0.2) is 0 Å². The van der Waals surface area contributed by atoms with E-state index in [1.165, 1.54) is 5.56 Å². The molecular formula is C23H34N2O2. The zero-order chi connectivity index (χ0) is 18.7. The van der Waals surface area contributed by atoms with Crippen molar-refractivity contribution in [3.63, 3.8) is 0 Å². The van der Waals surface area contributed by atoms with Gasteiger partial charge in [0.15, 0.2) is 0 Å². The highest BCUT2D eigenvalue weighted by atomic mass is 16.3. The van der Waals surface area contributed by atoms with Crippen molar-refractivity contribution in [3.8, 4) is 0 Å². The number of carbonyl (C=O) groups is 1. The van der Waals surface area contributed by atoms with Crippen LogP contribution in [0.3, 0.4) is 0 Å². The van der Waals surface area contributed by atoms with Gasteiger partial charge in [-0.05, 0) is 63.1 Å². The van der Waals surface area contributed by atoms with E-state index in [-0.39, 0.29) is 11.5 Å². The van der Waals surface area contributed by atoms with Gasteiger partial charge >= 0.3 is 0 Å². The summed E-state index contributed by atoms with van der Waals surface area (Å²) in [6.45, 7) is 4.89. The Bertz CT molecular complexity index is 627. The van der Waals surface area contributed by atoms with Gasteiger partial charge in [0.05, 0.1) is 6.10 Å². The molecule has 2 saturated heterocycles. The molecule has 3 aliphatic rings. The predicted octanol–water partition coefficient (Wildman–Crippen LogP) is 3.44. The van der Waals surface area contributed by atoms with Gasteiger partial charge in [0.25, 0.3) is 0 Å². The largest absolute Gasteiger partial charge is 0.392 e. The third-order valence-electron chi connectivity index (χ3n) is 7.24. The van der Waals surface area contributed by atoms with Crippen LogP contribution >= 0.6 is 0 Å². The lowest BCUT2D eigenvalue weighted by Crippen LogP contribution is -2.49. The lowest BCUT2D eigenvalue weighted by atomic mass is 9.76. The van der Waals surface area contributed by atoms with Crippen molar-refractivity contribution in [2.75, 3.05) is 26.2 Å². The van der Waals surface area contributed by atoms with Gasteiger partial charge in [-0.2, -0.15) is 0 Å². The summed E-state index contributed by atoms with van der Waals surface area (Å²) in [6.07, 6.45) is 8.02. The molecule has 1 saturated carbocycles. The van der Waals surface area contributed by atoms with Crippen molar-refractivity contribution in [1.29, 1.82) is 0 Å². The highest BCUT2D eigenvalue weighted by Gasteiger charge is 2.45. The van der Waals surface area contributed by atoms with E-state index < -0.39 is 0 Å². The number of piperidine rings is 2. The minimum Gasteiger partial charge on any atom is -0.392 e.